The first-order valence-electron chi connectivity index (χ1n) is 6.39. The first kappa shape index (κ1) is 12.9. The third kappa shape index (κ3) is 3.01. The average Bonchev–Trinajstić information content (AvgIpc) is 2.89. The molecule has 1 N–H and O–H groups in total. The van der Waals surface area contributed by atoms with Crippen molar-refractivity contribution in [3.05, 3.63) is 30.2 Å². The molecule has 1 saturated heterocycles. The van der Waals surface area contributed by atoms with Gasteiger partial charge in [-0.3, -0.25) is 4.79 Å². The van der Waals surface area contributed by atoms with Crippen molar-refractivity contribution < 1.29 is 14.3 Å². The van der Waals surface area contributed by atoms with Crippen molar-refractivity contribution >= 4 is 12.0 Å². The number of amides is 1. The fraction of sp³-hybridized carbons (Fsp3) is 0.500. The zero-order chi connectivity index (χ0) is 13.0. The van der Waals surface area contributed by atoms with Crippen molar-refractivity contribution in [1.82, 2.24) is 4.90 Å². The summed E-state index contributed by atoms with van der Waals surface area (Å²) in [7, 11) is 0. The molecule has 0 aromatic carbocycles. The first-order valence-corrected chi connectivity index (χ1v) is 6.39. The minimum Gasteiger partial charge on any atom is -0.465 e. The van der Waals surface area contributed by atoms with Gasteiger partial charge in [0.2, 0.25) is 5.91 Å². The Balaban J connectivity index is 2.02. The van der Waals surface area contributed by atoms with Crippen LogP contribution in [0.25, 0.3) is 6.08 Å². The molecule has 0 spiro atoms. The zero-order valence-corrected chi connectivity index (χ0v) is 10.6. The Morgan fingerprint density at radius 1 is 1.61 bits per heavy atom. The molecular formula is C14H19NO3. The lowest BCUT2D eigenvalue weighted by Crippen LogP contribution is -2.48. The van der Waals surface area contributed by atoms with Crippen LogP contribution in [0.2, 0.25) is 0 Å². The lowest BCUT2D eigenvalue weighted by atomic mass is 9.98. The highest BCUT2D eigenvalue weighted by molar-refractivity contribution is 5.91. The minimum absolute atomic E-state index is 0.0583. The van der Waals surface area contributed by atoms with E-state index < -0.39 is 6.10 Å². The number of hydrogen-bond donors (Lipinski definition) is 1. The molecule has 98 valence electrons. The summed E-state index contributed by atoms with van der Waals surface area (Å²) in [6, 6.07) is 3.52. The van der Waals surface area contributed by atoms with E-state index in [-0.39, 0.29) is 11.9 Å². The molecule has 18 heavy (non-hydrogen) atoms. The fourth-order valence-corrected chi connectivity index (χ4v) is 2.37. The zero-order valence-electron chi connectivity index (χ0n) is 10.6. The van der Waals surface area contributed by atoms with Gasteiger partial charge in [0.1, 0.15) is 5.76 Å². The molecule has 2 atom stereocenters. The van der Waals surface area contributed by atoms with Gasteiger partial charge in [0.15, 0.2) is 0 Å². The second kappa shape index (κ2) is 5.87. The van der Waals surface area contributed by atoms with Crippen LogP contribution in [0, 0.1) is 0 Å². The number of piperidine rings is 1. The van der Waals surface area contributed by atoms with Crippen molar-refractivity contribution in [3.63, 3.8) is 0 Å². The van der Waals surface area contributed by atoms with Gasteiger partial charge in [-0.1, -0.05) is 0 Å². The van der Waals surface area contributed by atoms with E-state index in [0.29, 0.717) is 5.76 Å². The van der Waals surface area contributed by atoms with E-state index in [0.717, 1.165) is 25.8 Å². The molecule has 0 bridgehead atoms. The summed E-state index contributed by atoms with van der Waals surface area (Å²) in [6.45, 7) is 2.46. The number of aliphatic hydroxyl groups excluding tert-OH is 1. The predicted molar refractivity (Wildman–Crippen MR) is 68.8 cm³/mol. The molecule has 1 fully saturated rings. The Labute approximate surface area is 107 Å². The highest BCUT2D eigenvalue weighted by Gasteiger charge is 2.28. The molecule has 1 aliphatic rings. The molecule has 1 aromatic rings. The van der Waals surface area contributed by atoms with Crippen LogP contribution in [0.3, 0.4) is 0 Å². The maximum atomic E-state index is 12.1. The topological polar surface area (TPSA) is 53.7 Å². The highest BCUT2D eigenvalue weighted by atomic mass is 16.3. The van der Waals surface area contributed by atoms with Crippen molar-refractivity contribution in [1.29, 1.82) is 0 Å². The van der Waals surface area contributed by atoms with Gasteiger partial charge in [0, 0.05) is 12.6 Å². The van der Waals surface area contributed by atoms with Crippen LogP contribution in [0.1, 0.15) is 31.9 Å². The van der Waals surface area contributed by atoms with Crippen LogP contribution >= 0.6 is 0 Å². The summed E-state index contributed by atoms with van der Waals surface area (Å²) < 4.78 is 5.14. The lowest BCUT2D eigenvalue weighted by Gasteiger charge is -2.36. The van der Waals surface area contributed by atoms with Crippen LogP contribution in [0.4, 0.5) is 0 Å². The summed E-state index contributed by atoms with van der Waals surface area (Å²) in [5.74, 6) is 0.603. The molecule has 2 unspecified atom stereocenters. The molecule has 1 amide bonds. The molecular weight excluding hydrogens is 230 g/mol. The van der Waals surface area contributed by atoms with Gasteiger partial charge in [-0.2, -0.15) is 0 Å². The summed E-state index contributed by atoms with van der Waals surface area (Å²) in [4.78, 5) is 13.9. The molecule has 1 aromatic heterocycles. The second-order valence-corrected chi connectivity index (χ2v) is 4.68. The standard InChI is InChI=1S/C14H19NO3/c1-11(16)13-6-2-3-9-15(13)14(17)8-7-12-5-4-10-18-12/h4-5,7-8,10-11,13,16H,2-3,6,9H2,1H3/b8-7+. The fourth-order valence-electron chi connectivity index (χ4n) is 2.37. The number of furan rings is 1. The average molecular weight is 249 g/mol. The van der Waals surface area contributed by atoms with Gasteiger partial charge in [0.05, 0.1) is 18.4 Å². The number of hydrogen-bond acceptors (Lipinski definition) is 3. The van der Waals surface area contributed by atoms with Crippen molar-refractivity contribution in [2.45, 2.75) is 38.3 Å². The van der Waals surface area contributed by atoms with Gasteiger partial charge in [-0.05, 0) is 44.4 Å². The lowest BCUT2D eigenvalue weighted by molar-refractivity contribution is -0.132. The predicted octanol–water partition coefficient (Wildman–Crippen LogP) is 2.05. The smallest absolute Gasteiger partial charge is 0.247 e. The van der Waals surface area contributed by atoms with Crippen LogP contribution in [0.5, 0.6) is 0 Å². The maximum absolute atomic E-state index is 12.1. The Morgan fingerprint density at radius 3 is 3.11 bits per heavy atom. The summed E-state index contributed by atoms with van der Waals surface area (Å²) in [6.07, 6.45) is 7.22. The van der Waals surface area contributed by atoms with Crippen LogP contribution < -0.4 is 0 Å². The number of carbonyl (C=O) groups excluding carboxylic acids is 1. The SMILES string of the molecule is CC(O)C1CCCCN1C(=O)/C=C/c1ccco1. The molecule has 2 heterocycles. The van der Waals surface area contributed by atoms with E-state index >= 15 is 0 Å². The normalized spacial score (nSPS) is 22.3. The number of likely N-dealkylation sites (tertiary alicyclic amines) is 1. The van der Waals surface area contributed by atoms with Crippen molar-refractivity contribution in [2.75, 3.05) is 6.54 Å². The van der Waals surface area contributed by atoms with Gasteiger partial charge in [-0.25, -0.2) is 0 Å². The van der Waals surface area contributed by atoms with Crippen LogP contribution in [-0.2, 0) is 4.79 Å². The number of aliphatic hydroxyl groups is 1. The molecule has 4 nitrogen and oxygen atoms in total. The summed E-state index contributed by atoms with van der Waals surface area (Å²) in [5.41, 5.74) is 0. The summed E-state index contributed by atoms with van der Waals surface area (Å²) >= 11 is 0. The van der Waals surface area contributed by atoms with Gasteiger partial charge in [0.25, 0.3) is 0 Å². The van der Waals surface area contributed by atoms with Gasteiger partial charge < -0.3 is 14.4 Å². The second-order valence-electron chi connectivity index (χ2n) is 4.68. The van der Waals surface area contributed by atoms with Crippen LogP contribution in [0.15, 0.2) is 28.9 Å². The maximum Gasteiger partial charge on any atom is 0.247 e. The Hall–Kier alpha value is -1.55. The number of rotatable bonds is 3. The van der Waals surface area contributed by atoms with E-state index in [1.165, 1.54) is 6.08 Å². The van der Waals surface area contributed by atoms with Crippen molar-refractivity contribution in [3.8, 4) is 0 Å². The molecule has 4 heteroatoms. The van der Waals surface area contributed by atoms with E-state index in [1.54, 1.807) is 36.3 Å². The quantitative estimate of drug-likeness (QED) is 0.834. The molecule has 0 saturated carbocycles. The molecule has 2 rings (SSSR count). The Bertz CT molecular complexity index is 409. The molecule has 0 aliphatic carbocycles. The Kier molecular flexibility index (Phi) is 4.20. The van der Waals surface area contributed by atoms with Crippen LogP contribution in [-0.4, -0.2) is 34.6 Å². The van der Waals surface area contributed by atoms with Gasteiger partial charge >= 0.3 is 0 Å². The number of nitrogens with zero attached hydrogens (tertiary/aromatic N) is 1. The molecule has 0 radical (unpaired) electrons. The Morgan fingerprint density at radius 2 is 2.44 bits per heavy atom. The summed E-state index contributed by atoms with van der Waals surface area (Å²) in [5, 5.41) is 9.71. The minimum atomic E-state index is -0.480. The largest absolute Gasteiger partial charge is 0.465 e. The third-order valence-electron chi connectivity index (χ3n) is 3.32. The van der Waals surface area contributed by atoms with Crippen molar-refractivity contribution in [2.24, 2.45) is 0 Å². The van der Waals surface area contributed by atoms with E-state index in [2.05, 4.69) is 0 Å². The molecule has 1 aliphatic heterocycles. The first-order chi connectivity index (χ1) is 8.68. The number of carbonyl (C=O) groups is 1. The van der Waals surface area contributed by atoms with E-state index in [1.807, 2.05) is 0 Å². The van der Waals surface area contributed by atoms with E-state index in [4.69, 9.17) is 4.42 Å². The monoisotopic (exact) mass is 249 g/mol. The van der Waals surface area contributed by atoms with E-state index in [9.17, 15) is 9.90 Å². The highest BCUT2D eigenvalue weighted by Crippen LogP contribution is 2.20. The third-order valence-corrected chi connectivity index (χ3v) is 3.32. The van der Waals surface area contributed by atoms with Gasteiger partial charge in [-0.15, -0.1) is 0 Å².